The van der Waals surface area contributed by atoms with Crippen LogP contribution in [0.25, 0.3) is 0 Å². The summed E-state index contributed by atoms with van der Waals surface area (Å²) in [5.41, 5.74) is -0.827. The second kappa shape index (κ2) is 3.62. The Morgan fingerprint density at radius 2 is 2.12 bits per heavy atom. The van der Waals surface area contributed by atoms with E-state index in [-0.39, 0.29) is 5.56 Å². The third-order valence-corrected chi connectivity index (χ3v) is 2.81. The maximum atomic E-state index is 12.6. The maximum Gasteiger partial charge on any atom is 0.416 e. The van der Waals surface area contributed by atoms with Gasteiger partial charge in [0.1, 0.15) is 0 Å². The predicted octanol–water partition coefficient (Wildman–Crippen LogP) is 1.28. The molecule has 0 saturated heterocycles. The topological polar surface area (TPSA) is 34.0 Å². The molecule has 0 atom stereocenters. The fourth-order valence-corrected chi connectivity index (χ4v) is 1.97. The van der Waals surface area contributed by atoms with Crippen molar-refractivity contribution in [2.45, 2.75) is 26.2 Å². The molecule has 0 unspecified atom stereocenters. The van der Waals surface area contributed by atoms with E-state index in [0.29, 0.717) is 31.4 Å². The van der Waals surface area contributed by atoms with E-state index in [1.54, 1.807) is 0 Å². The van der Waals surface area contributed by atoms with Gasteiger partial charge in [-0.3, -0.25) is 4.79 Å². The Morgan fingerprint density at radius 1 is 1.44 bits per heavy atom. The Bertz CT molecular complexity index is 476. The summed E-state index contributed by atoms with van der Waals surface area (Å²) in [5, 5.41) is 2.96. The Labute approximate surface area is 89.9 Å². The third-order valence-electron chi connectivity index (χ3n) is 2.81. The third kappa shape index (κ3) is 1.73. The number of nitrogens with one attached hydrogen (secondary N) is 1. The molecule has 0 amide bonds. The molecule has 16 heavy (non-hydrogen) atoms. The van der Waals surface area contributed by atoms with Crippen molar-refractivity contribution in [1.29, 1.82) is 0 Å². The molecular formula is C10H11F3N2O. The largest absolute Gasteiger partial charge is 0.416 e. The fourth-order valence-electron chi connectivity index (χ4n) is 1.97. The smallest absolute Gasteiger partial charge is 0.310 e. The summed E-state index contributed by atoms with van der Waals surface area (Å²) in [5.74, 6) is 0. The molecule has 2 heterocycles. The Kier molecular flexibility index (Phi) is 2.53. The SMILES string of the molecule is Cc1c(C(F)(F)F)cc(=O)n2c1CNCC2. The number of hydrogen-bond donors (Lipinski definition) is 1. The summed E-state index contributed by atoms with van der Waals surface area (Å²) in [6.07, 6.45) is -4.46. The van der Waals surface area contributed by atoms with Gasteiger partial charge in [0.2, 0.25) is 0 Å². The number of fused-ring (bicyclic) bond motifs is 1. The van der Waals surface area contributed by atoms with E-state index in [0.717, 1.165) is 0 Å². The number of hydrogen-bond acceptors (Lipinski definition) is 2. The Balaban J connectivity index is 2.68. The summed E-state index contributed by atoms with van der Waals surface area (Å²) < 4.78 is 39.3. The van der Waals surface area contributed by atoms with Crippen LogP contribution < -0.4 is 10.9 Å². The van der Waals surface area contributed by atoms with E-state index < -0.39 is 17.3 Å². The predicted molar refractivity (Wildman–Crippen MR) is 52.1 cm³/mol. The van der Waals surface area contributed by atoms with E-state index in [9.17, 15) is 18.0 Å². The molecule has 0 saturated carbocycles. The van der Waals surface area contributed by atoms with Crippen LogP contribution in [0.4, 0.5) is 13.2 Å². The van der Waals surface area contributed by atoms with Gasteiger partial charge >= 0.3 is 6.18 Å². The molecular weight excluding hydrogens is 221 g/mol. The number of nitrogens with zero attached hydrogens (tertiary/aromatic N) is 1. The van der Waals surface area contributed by atoms with Gasteiger partial charge in [-0.25, -0.2) is 0 Å². The van der Waals surface area contributed by atoms with Crippen LogP contribution in [-0.4, -0.2) is 11.1 Å². The zero-order chi connectivity index (χ0) is 11.9. The molecule has 0 radical (unpaired) electrons. The van der Waals surface area contributed by atoms with E-state index in [4.69, 9.17) is 0 Å². The van der Waals surface area contributed by atoms with Crippen molar-refractivity contribution in [2.75, 3.05) is 6.54 Å². The molecule has 88 valence electrons. The molecule has 3 nitrogen and oxygen atoms in total. The van der Waals surface area contributed by atoms with Crippen LogP contribution in [0.1, 0.15) is 16.8 Å². The van der Waals surface area contributed by atoms with Crippen LogP contribution in [-0.2, 0) is 19.3 Å². The molecule has 1 aromatic rings. The molecule has 1 aliphatic rings. The number of halogens is 3. The van der Waals surface area contributed by atoms with Gasteiger partial charge in [0.25, 0.3) is 5.56 Å². The maximum absolute atomic E-state index is 12.6. The second-order valence-corrected chi connectivity index (χ2v) is 3.79. The highest BCUT2D eigenvalue weighted by Crippen LogP contribution is 2.32. The van der Waals surface area contributed by atoms with Gasteiger partial charge in [-0.05, 0) is 12.5 Å². The van der Waals surface area contributed by atoms with Crippen LogP contribution in [0.15, 0.2) is 10.9 Å². The van der Waals surface area contributed by atoms with Crippen molar-refractivity contribution in [2.24, 2.45) is 0 Å². The standard InChI is InChI=1S/C10H11F3N2O/c1-6-7(10(11,12)13)4-9(16)15-3-2-14-5-8(6)15/h4,14H,2-3,5H2,1H3. The van der Waals surface area contributed by atoms with E-state index in [1.807, 2.05) is 0 Å². The Morgan fingerprint density at radius 3 is 2.75 bits per heavy atom. The van der Waals surface area contributed by atoms with Gasteiger partial charge in [-0.15, -0.1) is 0 Å². The summed E-state index contributed by atoms with van der Waals surface area (Å²) in [6.45, 7) is 2.75. The molecule has 1 N–H and O–H groups in total. The first-order valence-corrected chi connectivity index (χ1v) is 4.92. The van der Waals surface area contributed by atoms with Gasteiger partial charge < -0.3 is 9.88 Å². The quantitative estimate of drug-likeness (QED) is 0.731. The minimum Gasteiger partial charge on any atom is -0.310 e. The highest BCUT2D eigenvalue weighted by Gasteiger charge is 2.34. The van der Waals surface area contributed by atoms with Gasteiger partial charge in [-0.2, -0.15) is 13.2 Å². The molecule has 0 bridgehead atoms. The lowest BCUT2D eigenvalue weighted by atomic mass is 10.1. The van der Waals surface area contributed by atoms with E-state index in [1.165, 1.54) is 11.5 Å². The highest BCUT2D eigenvalue weighted by molar-refractivity contribution is 5.32. The molecule has 0 fully saturated rings. The molecule has 1 aliphatic heterocycles. The number of alkyl halides is 3. The van der Waals surface area contributed by atoms with Crippen molar-refractivity contribution in [1.82, 2.24) is 9.88 Å². The first-order valence-electron chi connectivity index (χ1n) is 4.92. The van der Waals surface area contributed by atoms with Crippen LogP contribution >= 0.6 is 0 Å². The van der Waals surface area contributed by atoms with Crippen LogP contribution in [0, 0.1) is 6.92 Å². The molecule has 0 aromatic carbocycles. The first kappa shape index (κ1) is 11.2. The van der Waals surface area contributed by atoms with Crippen molar-refractivity contribution >= 4 is 0 Å². The van der Waals surface area contributed by atoms with Crippen LogP contribution in [0.3, 0.4) is 0 Å². The van der Waals surface area contributed by atoms with Gasteiger partial charge in [0.05, 0.1) is 5.56 Å². The number of aromatic nitrogens is 1. The lowest BCUT2D eigenvalue weighted by molar-refractivity contribution is -0.138. The molecule has 6 heteroatoms. The Hall–Kier alpha value is -1.30. The normalized spacial score (nSPS) is 16.0. The van der Waals surface area contributed by atoms with Gasteiger partial charge in [-0.1, -0.05) is 0 Å². The summed E-state index contributed by atoms with van der Waals surface area (Å²) in [4.78, 5) is 11.5. The lowest BCUT2D eigenvalue weighted by Crippen LogP contribution is -2.37. The van der Waals surface area contributed by atoms with Crippen molar-refractivity contribution in [3.63, 3.8) is 0 Å². The monoisotopic (exact) mass is 232 g/mol. The zero-order valence-electron chi connectivity index (χ0n) is 8.69. The average Bonchev–Trinajstić information content (AvgIpc) is 2.22. The second-order valence-electron chi connectivity index (χ2n) is 3.79. The molecule has 1 aromatic heterocycles. The summed E-state index contributed by atoms with van der Waals surface area (Å²) in [6, 6.07) is 0.685. The average molecular weight is 232 g/mol. The zero-order valence-corrected chi connectivity index (χ0v) is 8.69. The highest BCUT2D eigenvalue weighted by atomic mass is 19.4. The van der Waals surface area contributed by atoms with Crippen LogP contribution in [0.2, 0.25) is 0 Å². The minimum atomic E-state index is -4.46. The molecule has 0 aliphatic carbocycles. The lowest BCUT2D eigenvalue weighted by Gasteiger charge is -2.23. The van der Waals surface area contributed by atoms with Gasteiger partial charge in [0, 0.05) is 31.4 Å². The first-order chi connectivity index (χ1) is 7.41. The minimum absolute atomic E-state index is 0.138. The molecule has 0 spiro atoms. The van der Waals surface area contributed by atoms with E-state index in [2.05, 4.69) is 5.32 Å². The summed E-state index contributed by atoms with van der Waals surface area (Å²) >= 11 is 0. The fraction of sp³-hybridized carbons (Fsp3) is 0.500. The van der Waals surface area contributed by atoms with Gasteiger partial charge in [0.15, 0.2) is 0 Å². The van der Waals surface area contributed by atoms with Crippen molar-refractivity contribution < 1.29 is 13.2 Å². The number of rotatable bonds is 0. The van der Waals surface area contributed by atoms with E-state index >= 15 is 0 Å². The van der Waals surface area contributed by atoms with Crippen LogP contribution in [0.5, 0.6) is 0 Å². The summed E-state index contributed by atoms with van der Waals surface area (Å²) in [7, 11) is 0. The molecule has 2 rings (SSSR count). The van der Waals surface area contributed by atoms with Crippen molar-refractivity contribution in [3.05, 3.63) is 33.2 Å². The van der Waals surface area contributed by atoms with Crippen molar-refractivity contribution in [3.8, 4) is 0 Å². The number of pyridine rings is 1.